The van der Waals surface area contributed by atoms with Gasteiger partial charge in [-0.05, 0) is 29.8 Å². The molecule has 360 valence electrons. The molecule has 66 heavy (non-hydrogen) atoms. The quantitative estimate of drug-likeness (QED) is 0.0353. The Bertz CT molecular complexity index is 2310. The van der Waals surface area contributed by atoms with Crippen LogP contribution < -0.4 is 14.2 Å². The fourth-order valence-electron chi connectivity index (χ4n) is 7.49. The molecule has 0 unspecified atom stereocenters. The van der Waals surface area contributed by atoms with Crippen molar-refractivity contribution in [1.82, 2.24) is 0 Å². The van der Waals surface area contributed by atoms with Crippen LogP contribution in [0.1, 0.15) is 5.56 Å². The van der Waals surface area contributed by atoms with E-state index in [1.54, 1.807) is 24.3 Å². The number of phenolic OH excluding ortho intramolecular Hbond substituents is 4. The Morgan fingerprint density at radius 3 is 1.88 bits per heavy atom. The number of ether oxygens (including phenoxy) is 8. The molecule has 23 heteroatoms. The minimum Gasteiger partial charge on any atom is -0.507 e. The second kappa shape index (κ2) is 20.8. The van der Waals surface area contributed by atoms with Crippen LogP contribution in [0, 0.1) is 0 Å². The van der Waals surface area contributed by atoms with E-state index in [9.17, 15) is 71.5 Å². The van der Waals surface area contributed by atoms with Crippen LogP contribution in [-0.4, -0.2) is 197 Å². The third-order valence-corrected chi connectivity index (χ3v) is 11.2. The van der Waals surface area contributed by atoms with Gasteiger partial charge in [0.2, 0.25) is 18.3 Å². The Labute approximate surface area is 373 Å². The molecule has 3 saturated heterocycles. The lowest BCUT2D eigenvalue weighted by Crippen LogP contribution is -2.65. The SMILES string of the molecule is COc1cc(C=CCOC[C@H]2O[C@@H](Oc3cc4c(O[C@@H]5O[C@H](CO)[C@@H](O)[C@H](O)[C@H]5O)cc(O)cc4[o+]c3-c3ccc(O)c(O)c3)[C@H](O[C@@H]3O[C@H](CO)[C@@H](O)[C@H](O)[C@H]3O)[C@@H](O)[C@@H]2O)ccc1O. The Kier molecular flexibility index (Phi) is 15.3. The summed E-state index contributed by atoms with van der Waals surface area (Å²) >= 11 is 0. The first-order valence-electron chi connectivity index (χ1n) is 20.4. The number of aliphatic hydroxyl groups is 10. The molecule has 0 spiro atoms. The number of benzene rings is 3. The van der Waals surface area contributed by atoms with E-state index in [2.05, 4.69) is 0 Å². The van der Waals surface area contributed by atoms with Crippen LogP contribution in [0.5, 0.6) is 40.2 Å². The second-order valence-corrected chi connectivity index (χ2v) is 15.6. The van der Waals surface area contributed by atoms with Crippen molar-refractivity contribution in [3.8, 4) is 51.6 Å². The maximum absolute atomic E-state index is 11.7. The number of methoxy groups -OCH3 is 1. The van der Waals surface area contributed by atoms with E-state index >= 15 is 0 Å². The van der Waals surface area contributed by atoms with Crippen LogP contribution >= 0.6 is 0 Å². The Hall–Kier alpha value is -5.19. The van der Waals surface area contributed by atoms with Gasteiger partial charge in [0.05, 0.1) is 45.2 Å². The van der Waals surface area contributed by atoms with Crippen LogP contribution in [0.15, 0.2) is 65.1 Å². The first kappa shape index (κ1) is 48.7. The summed E-state index contributed by atoms with van der Waals surface area (Å²) in [7, 11) is 1.39. The largest absolute Gasteiger partial charge is 0.507 e. The van der Waals surface area contributed by atoms with E-state index < -0.39 is 129 Å². The van der Waals surface area contributed by atoms with Crippen molar-refractivity contribution in [2.75, 3.05) is 33.5 Å². The summed E-state index contributed by atoms with van der Waals surface area (Å²) in [6.07, 6.45) is -23.3. The number of aliphatic hydroxyl groups excluding tert-OH is 10. The van der Waals surface area contributed by atoms with E-state index in [0.717, 1.165) is 24.3 Å². The molecular formula is C43H51O23+. The average molecular weight is 936 g/mol. The number of hydrogen-bond donors (Lipinski definition) is 14. The Balaban J connectivity index is 1.25. The lowest BCUT2D eigenvalue weighted by Gasteiger charge is -2.45. The van der Waals surface area contributed by atoms with Gasteiger partial charge in [0, 0.05) is 18.2 Å². The highest BCUT2D eigenvalue weighted by molar-refractivity contribution is 5.89. The smallest absolute Gasteiger partial charge is 0.402 e. The molecule has 3 aliphatic heterocycles. The maximum atomic E-state index is 11.7. The van der Waals surface area contributed by atoms with E-state index in [-0.39, 0.29) is 51.9 Å². The number of aromatic hydroxyl groups is 4. The van der Waals surface area contributed by atoms with Gasteiger partial charge in [-0.2, -0.15) is 0 Å². The monoisotopic (exact) mass is 935 g/mol. The fourth-order valence-corrected chi connectivity index (χ4v) is 7.49. The average Bonchev–Trinajstić information content (AvgIpc) is 3.30. The number of phenols is 4. The van der Waals surface area contributed by atoms with Gasteiger partial charge in [0.15, 0.2) is 35.4 Å². The van der Waals surface area contributed by atoms with Crippen molar-refractivity contribution in [2.45, 2.75) is 92.1 Å². The van der Waals surface area contributed by atoms with Crippen LogP contribution in [0.25, 0.3) is 28.4 Å². The minimum absolute atomic E-state index is 0.0302. The normalized spacial score (nSPS) is 32.7. The molecule has 3 fully saturated rings. The Morgan fingerprint density at radius 2 is 1.21 bits per heavy atom. The van der Waals surface area contributed by atoms with Crippen LogP contribution in [0.4, 0.5) is 0 Å². The highest BCUT2D eigenvalue weighted by Gasteiger charge is 2.52. The van der Waals surface area contributed by atoms with E-state index in [1.807, 2.05) is 0 Å². The second-order valence-electron chi connectivity index (χ2n) is 15.6. The molecule has 1 aromatic heterocycles. The van der Waals surface area contributed by atoms with Crippen molar-refractivity contribution >= 4 is 17.0 Å². The van der Waals surface area contributed by atoms with Gasteiger partial charge in [0.1, 0.15) is 84.0 Å². The molecule has 0 radical (unpaired) electrons. The van der Waals surface area contributed by atoms with E-state index in [4.69, 9.17) is 42.3 Å². The van der Waals surface area contributed by atoms with Crippen LogP contribution in [0.3, 0.4) is 0 Å². The maximum Gasteiger partial charge on any atom is 0.402 e. The zero-order valence-electron chi connectivity index (χ0n) is 34.8. The minimum atomic E-state index is -1.99. The van der Waals surface area contributed by atoms with Crippen LogP contribution in [0.2, 0.25) is 0 Å². The third kappa shape index (κ3) is 10.2. The first-order valence-corrected chi connectivity index (χ1v) is 20.4. The zero-order valence-corrected chi connectivity index (χ0v) is 34.8. The third-order valence-electron chi connectivity index (χ3n) is 11.2. The van der Waals surface area contributed by atoms with Crippen molar-refractivity contribution in [2.24, 2.45) is 0 Å². The van der Waals surface area contributed by atoms with Gasteiger partial charge < -0.3 is 109 Å². The molecule has 7 rings (SSSR count). The summed E-state index contributed by atoms with van der Waals surface area (Å²) in [4.78, 5) is 0. The van der Waals surface area contributed by atoms with Crippen molar-refractivity contribution < 1.29 is 114 Å². The molecule has 14 N–H and O–H groups in total. The molecule has 3 aromatic carbocycles. The van der Waals surface area contributed by atoms with Gasteiger partial charge in [-0.15, -0.1) is 0 Å². The molecule has 4 aromatic rings. The molecule has 15 atom stereocenters. The lowest BCUT2D eigenvalue weighted by atomic mass is 9.97. The van der Waals surface area contributed by atoms with Gasteiger partial charge in [-0.25, -0.2) is 4.42 Å². The lowest BCUT2D eigenvalue weighted by molar-refractivity contribution is -0.358. The predicted molar refractivity (Wildman–Crippen MR) is 220 cm³/mol. The summed E-state index contributed by atoms with van der Waals surface area (Å²) < 4.78 is 52.5. The van der Waals surface area contributed by atoms with Gasteiger partial charge in [-0.1, -0.05) is 18.2 Å². The predicted octanol–water partition coefficient (Wildman–Crippen LogP) is -1.87. The molecule has 23 nitrogen and oxygen atoms in total. The van der Waals surface area contributed by atoms with E-state index in [0.29, 0.717) is 5.56 Å². The standard InChI is InChI=1S/C43H50O23/c1-58-26-9-17(4-6-22(26)48)3-2-8-59-16-30-33(52)36(55)40(66-42-38(57)35(54)32(51)29(15-45)64-42)43(65-30)62-27-13-20-24(60-39(27)18-5-7-21(47)23(49)10-18)11-19(46)12-25(20)61-41-37(56)34(53)31(50)28(14-44)63-41/h2-7,9-13,28-38,40-45,50-57H,8,14-16H2,1H3,(H3-,46,47,48,49)/p+1/t28-,29-,30-,31-,32-,33-,34+,35+,36+,37-,38-,40-,41-,42+,43-/m1/s1. The topological polar surface area (TPSA) is 368 Å². The summed E-state index contributed by atoms with van der Waals surface area (Å²) in [5.41, 5.74) is 0.529. The molecule has 0 aliphatic carbocycles. The number of fused-ring (bicyclic) bond motifs is 1. The van der Waals surface area contributed by atoms with Crippen molar-refractivity contribution in [3.05, 3.63) is 66.2 Å². The molecule has 0 amide bonds. The number of rotatable bonds is 15. The van der Waals surface area contributed by atoms with E-state index in [1.165, 1.54) is 25.3 Å². The summed E-state index contributed by atoms with van der Waals surface area (Å²) in [5, 5.41) is 147. The van der Waals surface area contributed by atoms with Gasteiger partial charge >= 0.3 is 11.3 Å². The van der Waals surface area contributed by atoms with Crippen LogP contribution in [-0.2, 0) is 23.7 Å². The molecule has 0 saturated carbocycles. The molecule has 4 heterocycles. The highest BCUT2D eigenvalue weighted by atomic mass is 16.8. The molecular weight excluding hydrogens is 884 g/mol. The Morgan fingerprint density at radius 1 is 0.591 bits per heavy atom. The number of hydrogen-bond acceptors (Lipinski definition) is 22. The van der Waals surface area contributed by atoms with Crippen molar-refractivity contribution in [1.29, 1.82) is 0 Å². The van der Waals surface area contributed by atoms with Gasteiger partial charge in [0.25, 0.3) is 0 Å². The summed E-state index contributed by atoms with van der Waals surface area (Å²) in [5.74, 6) is -2.29. The summed E-state index contributed by atoms with van der Waals surface area (Å²) in [6, 6.07) is 11.6. The summed E-state index contributed by atoms with van der Waals surface area (Å²) in [6.45, 7) is -2.08. The highest BCUT2D eigenvalue weighted by Crippen LogP contribution is 2.44. The van der Waals surface area contributed by atoms with Crippen molar-refractivity contribution in [3.63, 3.8) is 0 Å². The van der Waals surface area contributed by atoms with Gasteiger partial charge in [-0.3, -0.25) is 0 Å². The first-order chi connectivity index (χ1) is 31.5. The fraction of sp³-hybridized carbons (Fsp3) is 0.465. The molecule has 3 aliphatic rings. The molecule has 0 bridgehead atoms. The zero-order chi connectivity index (χ0) is 47.6.